The van der Waals surface area contributed by atoms with Crippen molar-refractivity contribution in [3.05, 3.63) is 51.5 Å². The van der Waals surface area contributed by atoms with E-state index in [-0.39, 0.29) is 42.8 Å². The third-order valence-corrected chi connectivity index (χ3v) is 6.74. The highest BCUT2D eigenvalue weighted by molar-refractivity contribution is 7.99. The predicted molar refractivity (Wildman–Crippen MR) is 116 cm³/mol. The van der Waals surface area contributed by atoms with Crippen LogP contribution < -0.4 is 10.5 Å². The second-order valence-electron chi connectivity index (χ2n) is 6.52. The number of halogens is 5. The smallest absolute Gasteiger partial charge is 0.324 e. The summed E-state index contributed by atoms with van der Waals surface area (Å²) in [7, 11) is -3.97. The van der Waals surface area contributed by atoms with Crippen molar-refractivity contribution < 1.29 is 26.4 Å². The summed E-state index contributed by atoms with van der Waals surface area (Å²) in [6, 6.07) is 5.23. The van der Waals surface area contributed by atoms with Gasteiger partial charge in [0.1, 0.15) is 0 Å². The summed E-state index contributed by atoms with van der Waals surface area (Å²) in [6.45, 7) is 1.41. The number of carbonyl (C=O) groups excluding carboxylic acids is 1. The number of nitrogens with two attached hydrogens (primary N) is 1. The van der Waals surface area contributed by atoms with Gasteiger partial charge in [0.25, 0.3) is 0 Å². The number of tetrazole rings is 1. The lowest BCUT2D eigenvalue weighted by Crippen LogP contribution is -2.16. The number of rotatable bonds is 6. The van der Waals surface area contributed by atoms with Crippen molar-refractivity contribution in [2.45, 2.75) is 23.2 Å². The van der Waals surface area contributed by atoms with E-state index in [0.29, 0.717) is 0 Å². The van der Waals surface area contributed by atoms with Gasteiger partial charge in [0, 0.05) is 0 Å². The van der Waals surface area contributed by atoms with E-state index in [4.69, 9.17) is 28.3 Å². The number of benzene rings is 2. The molecule has 3 rings (SSSR count). The average Bonchev–Trinajstić information content (AvgIpc) is 3.16. The Morgan fingerprint density at radius 2 is 1.94 bits per heavy atom. The minimum Gasteiger partial charge on any atom is -0.324 e. The minimum atomic E-state index is -4.61. The first-order chi connectivity index (χ1) is 15.3. The number of amides is 1. The number of hydrogen-bond acceptors (Lipinski definition) is 7. The molecule has 1 heterocycles. The van der Waals surface area contributed by atoms with E-state index in [1.807, 2.05) is 0 Å². The fourth-order valence-corrected chi connectivity index (χ4v) is 4.28. The lowest BCUT2D eigenvalue weighted by Gasteiger charge is -2.13. The fraction of sp³-hybridized carbons (Fsp3) is 0.176. The predicted octanol–water partition coefficient (Wildman–Crippen LogP) is 3.67. The molecule has 3 N–H and O–H groups in total. The molecule has 3 aromatic rings. The van der Waals surface area contributed by atoms with Gasteiger partial charge in [0.05, 0.1) is 37.6 Å². The monoisotopic (exact) mass is 540 g/mol. The first kappa shape index (κ1) is 25.2. The zero-order valence-corrected chi connectivity index (χ0v) is 19.5. The number of aryl methyl sites for hydroxylation is 1. The number of alkyl halides is 3. The Balaban J connectivity index is 1.77. The van der Waals surface area contributed by atoms with Crippen molar-refractivity contribution in [2.24, 2.45) is 5.14 Å². The Morgan fingerprint density at radius 3 is 2.55 bits per heavy atom. The number of nitrogens with one attached hydrogen (secondary N) is 1. The van der Waals surface area contributed by atoms with Gasteiger partial charge in [0.15, 0.2) is 0 Å². The SMILES string of the molecule is Cc1cc(C(F)(F)F)cc(-n2nnnc2SCC(=O)Nc2ccc(S(N)(=O)=O)cc2Cl)c1Cl. The number of anilines is 1. The summed E-state index contributed by atoms with van der Waals surface area (Å²) in [5.41, 5.74) is -0.728. The summed E-state index contributed by atoms with van der Waals surface area (Å²) in [5.74, 6) is -0.811. The normalized spacial score (nSPS) is 12.1. The maximum absolute atomic E-state index is 13.2. The summed E-state index contributed by atoms with van der Waals surface area (Å²) in [5, 5.41) is 18.3. The summed E-state index contributed by atoms with van der Waals surface area (Å²) in [4.78, 5) is 12.1. The summed E-state index contributed by atoms with van der Waals surface area (Å²) < 4.78 is 63.3. The molecule has 0 aliphatic carbocycles. The molecular weight excluding hydrogens is 528 g/mol. The van der Waals surface area contributed by atoms with E-state index in [9.17, 15) is 26.4 Å². The van der Waals surface area contributed by atoms with Crippen LogP contribution in [0.1, 0.15) is 11.1 Å². The van der Waals surface area contributed by atoms with Crippen LogP contribution in [-0.2, 0) is 21.0 Å². The molecule has 0 saturated carbocycles. The average molecular weight is 541 g/mol. The quantitative estimate of drug-likeness (QED) is 0.455. The molecule has 16 heteroatoms. The standard InChI is InChI=1S/C17H13Cl2F3N6O3S2/c1-8-4-9(17(20,21)22)5-13(15(8)19)28-16(25-26-27-28)32-7-14(29)24-12-3-2-10(6-11(12)18)33(23,30)31/h2-6H,7H2,1H3,(H,24,29)(H2,23,30,31). The zero-order valence-electron chi connectivity index (χ0n) is 16.4. The van der Waals surface area contributed by atoms with E-state index in [2.05, 4.69) is 20.8 Å². The first-order valence-electron chi connectivity index (χ1n) is 8.68. The second kappa shape index (κ2) is 9.46. The maximum atomic E-state index is 13.2. The lowest BCUT2D eigenvalue weighted by atomic mass is 10.1. The molecule has 176 valence electrons. The highest BCUT2D eigenvalue weighted by Gasteiger charge is 2.32. The lowest BCUT2D eigenvalue weighted by molar-refractivity contribution is -0.137. The number of hydrogen-bond donors (Lipinski definition) is 2. The highest BCUT2D eigenvalue weighted by Crippen LogP contribution is 2.36. The van der Waals surface area contributed by atoms with Gasteiger partial charge in [-0.25, -0.2) is 13.6 Å². The molecule has 0 saturated heterocycles. The van der Waals surface area contributed by atoms with Crippen LogP contribution in [0, 0.1) is 6.92 Å². The van der Waals surface area contributed by atoms with Crippen LogP contribution in [0.25, 0.3) is 5.69 Å². The number of nitrogens with zero attached hydrogens (tertiary/aromatic N) is 4. The van der Waals surface area contributed by atoms with Crippen LogP contribution in [0.15, 0.2) is 40.4 Å². The molecule has 0 aliphatic heterocycles. The molecule has 0 fully saturated rings. The van der Waals surface area contributed by atoms with E-state index in [1.165, 1.54) is 19.1 Å². The topological polar surface area (TPSA) is 133 Å². The third-order valence-electron chi connectivity index (χ3n) is 4.11. The Morgan fingerprint density at radius 1 is 1.24 bits per heavy atom. The molecule has 2 aromatic carbocycles. The van der Waals surface area contributed by atoms with Gasteiger partial charge in [-0.15, -0.1) is 5.10 Å². The van der Waals surface area contributed by atoms with Crippen molar-refractivity contribution in [3.63, 3.8) is 0 Å². The van der Waals surface area contributed by atoms with Crippen molar-refractivity contribution in [1.29, 1.82) is 0 Å². The second-order valence-corrected chi connectivity index (χ2v) is 9.81. The molecule has 1 amide bonds. The molecule has 0 aliphatic rings. The van der Waals surface area contributed by atoms with Gasteiger partial charge in [-0.2, -0.15) is 17.9 Å². The molecule has 9 nitrogen and oxygen atoms in total. The van der Waals surface area contributed by atoms with Gasteiger partial charge in [-0.3, -0.25) is 4.79 Å². The molecule has 0 unspecified atom stereocenters. The Hall–Kier alpha value is -2.39. The van der Waals surface area contributed by atoms with Crippen LogP contribution in [0.3, 0.4) is 0 Å². The van der Waals surface area contributed by atoms with Crippen LogP contribution in [0.5, 0.6) is 0 Å². The van der Waals surface area contributed by atoms with Gasteiger partial charge < -0.3 is 5.32 Å². The molecule has 0 bridgehead atoms. The van der Waals surface area contributed by atoms with Crippen LogP contribution in [0.2, 0.25) is 10.0 Å². The molecule has 33 heavy (non-hydrogen) atoms. The van der Waals surface area contributed by atoms with E-state index in [0.717, 1.165) is 34.6 Å². The van der Waals surface area contributed by atoms with Crippen LogP contribution >= 0.6 is 35.0 Å². The number of carbonyl (C=O) groups is 1. The van der Waals surface area contributed by atoms with Crippen LogP contribution in [0.4, 0.5) is 18.9 Å². The minimum absolute atomic E-state index is 0.0152. The Kier molecular flexibility index (Phi) is 7.24. The number of primary sulfonamides is 1. The van der Waals surface area contributed by atoms with Crippen molar-refractivity contribution in [3.8, 4) is 5.69 Å². The molecular formula is C17H13Cl2F3N6O3S2. The van der Waals surface area contributed by atoms with Gasteiger partial charge in [0.2, 0.25) is 21.1 Å². The molecule has 0 spiro atoms. The zero-order chi connectivity index (χ0) is 24.6. The Bertz CT molecular complexity index is 1330. The summed E-state index contributed by atoms with van der Waals surface area (Å²) in [6.07, 6.45) is -4.61. The largest absolute Gasteiger partial charge is 0.416 e. The first-order valence-corrected chi connectivity index (χ1v) is 12.0. The Labute approximate surface area is 199 Å². The molecule has 0 radical (unpaired) electrons. The number of aromatic nitrogens is 4. The van der Waals surface area contributed by atoms with Crippen LogP contribution in [-0.4, -0.2) is 40.3 Å². The van der Waals surface area contributed by atoms with Crippen molar-refractivity contribution in [1.82, 2.24) is 20.2 Å². The van der Waals surface area contributed by atoms with E-state index in [1.54, 1.807) is 0 Å². The van der Waals surface area contributed by atoms with E-state index >= 15 is 0 Å². The fourth-order valence-electron chi connectivity index (χ4n) is 2.58. The molecule has 0 atom stereocenters. The van der Waals surface area contributed by atoms with E-state index < -0.39 is 27.7 Å². The van der Waals surface area contributed by atoms with Gasteiger partial charge in [-0.1, -0.05) is 35.0 Å². The summed E-state index contributed by atoms with van der Waals surface area (Å²) >= 11 is 13.0. The number of sulfonamides is 1. The maximum Gasteiger partial charge on any atom is 0.416 e. The van der Waals surface area contributed by atoms with Gasteiger partial charge in [-0.05, 0) is 53.2 Å². The van der Waals surface area contributed by atoms with Crippen molar-refractivity contribution in [2.75, 3.05) is 11.1 Å². The number of thioether (sulfide) groups is 1. The third kappa shape index (κ3) is 5.95. The van der Waals surface area contributed by atoms with Crippen molar-refractivity contribution >= 4 is 56.6 Å². The molecule has 1 aromatic heterocycles. The highest BCUT2D eigenvalue weighted by atomic mass is 35.5. The van der Waals surface area contributed by atoms with Gasteiger partial charge >= 0.3 is 6.18 Å².